The molecule has 2 aromatic rings. The smallest absolute Gasteiger partial charge is 0.267 e. The summed E-state index contributed by atoms with van der Waals surface area (Å²) in [5, 5.41) is 3.86. The highest BCUT2D eigenvalue weighted by molar-refractivity contribution is 7.92. The van der Waals surface area contributed by atoms with Gasteiger partial charge < -0.3 is 0 Å². The van der Waals surface area contributed by atoms with E-state index in [4.69, 9.17) is 0 Å². The molecule has 2 rings (SSSR count). The van der Waals surface area contributed by atoms with Gasteiger partial charge in [-0.05, 0) is 39.0 Å². The zero-order valence-corrected chi connectivity index (χ0v) is 14.5. The van der Waals surface area contributed by atoms with Gasteiger partial charge in [-0.1, -0.05) is 18.2 Å². The van der Waals surface area contributed by atoms with Gasteiger partial charge in [-0.2, -0.15) is 5.10 Å². The van der Waals surface area contributed by atoms with Crippen LogP contribution in [-0.2, 0) is 9.84 Å². The van der Waals surface area contributed by atoms with Crippen molar-refractivity contribution in [1.29, 1.82) is 0 Å². The zero-order chi connectivity index (χ0) is 17.8. The van der Waals surface area contributed by atoms with Gasteiger partial charge in [0.05, 0.1) is 15.9 Å². The highest BCUT2D eigenvalue weighted by Gasteiger charge is 2.32. The van der Waals surface area contributed by atoms with Crippen LogP contribution in [0.25, 0.3) is 0 Å². The van der Waals surface area contributed by atoms with Gasteiger partial charge in [-0.15, -0.1) is 0 Å². The van der Waals surface area contributed by atoms with Gasteiger partial charge in [0.1, 0.15) is 0 Å². The molecule has 6 nitrogen and oxygen atoms in total. The van der Waals surface area contributed by atoms with Crippen molar-refractivity contribution in [3.63, 3.8) is 0 Å². The van der Waals surface area contributed by atoms with Crippen LogP contribution in [0.2, 0.25) is 0 Å². The summed E-state index contributed by atoms with van der Waals surface area (Å²) in [6.45, 7) is 4.92. The van der Waals surface area contributed by atoms with Crippen LogP contribution in [0, 0.1) is 0 Å². The number of nitrogens with zero attached hydrogens (tertiary/aromatic N) is 2. The lowest BCUT2D eigenvalue weighted by atomic mass is 10.2. The molecule has 0 radical (unpaired) electrons. The Morgan fingerprint density at radius 3 is 2.38 bits per heavy atom. The third-order valence-corrected chi connectivity index (χ3v) is 5.89. The molecule has 0 saturated heterocycles. The molecule has 1 N–H and O–H groups in total. The molecular formula is C17H19N3O3S. The predicted octanol–water partition coefficient (Wildman–Crippen LogP) is 2.42. The highest BCUT2D eigenvalue weighted by atomic mass is 32.2. The third-order valence-electron chi connectivity index (χ3n) is 3.33. The van der Waals surface area contributed by atoms with Crippen LogP contribution < -0.4 is 5.43 Å². The molecule has 0 fully saturated rings. The second-order valence-electron chi connectivity index (χ2n) is 6.09. The number of hydrogen-bond donors (Lipinski definition) is 1. The Labute approximate surface area is 141 Å². The minimum Gasteiger partial charge on any atom is -0.267 e. The molecule has 1 aromatic heterocycles. The van der Waals surface area contributed by atoms with Crippen LogP contribution in [-0.4, -0.2) is 30.3 Å². The minimum absolute atomic E-state index is 0.180. The van der Waals surface area contributed by atoms with Gasteiger partial charge in [0, 0.05) is 23.5 Å². The van der Waals surface area contributed by atoms with Crippen molar-refractivity contribution in [3.05, 3.63) is 59.9 Å². The maximum absolute atomic E-state index is 12.6. The van der Waals surface area contributed by atoms with Crippen molar-refractivity contribution in [2.45, 2.75) is 30.4 Å². The number of pyridine rings is 1. The number of carbonyl (C=O) groups is 1. The summed E-state index contributed by atoms with van der Waals surface area (Å²) in [6.07, 6.45) is 4.34. The lowest BCUT2D eigenvalue weighted by molar-refractivity contribution is 0.0955. The van der Waals surface area contributed by atoms with Gasteiger partial charge in [0.15, 0.2) is 9.84 Å². The summed E-state index contributed by atoms with van der Waals surface area (Å²) >= 11 is 0. The average Bonchev–Trinajstić information content (AvgIpc) is 2.55. The van der Waals surface area contributed by atoms with E-state index < -0.39 is 20.5 Å². The van der Waals surface area contributed by atoms with Crippen molar-refractivity contribution in [2.75, 3.05) is 0 Å². The first-order chi connectivity index (χ1) is 11.2. The van der Waals surface area contributed by atoms with Gasteiger partial charge in [0.25, 0.3) is 5.91 Å². The monoisotopic (exact) mass is 345 g/mol. The summed E-state index contributed by atoms with van der Waals surface area (Å²) in [4.78, 5) is 15.9. The minimum atomic E-state index is -3.52. The fraction of sp³-hybridized carbons (Fsp3) is 0.235. The van der Waals surface area contributed by atoms with E-state index in [1.165, 1.54) is 24.7 Å². The van der Waals surface area contributed by atoms with Gasteiger partial charge in [0.2, 0.25) is 0 Å². The molecule has 0 spiro atoms. The molecule has 1 aromatic carbocycles. The van der Waals surface area contributed by atoms with Crippen molar-refractivity contribution >= 4 is 22.0 Å². The van der Waals surface area contributed by atoms with E-state index in [1.54, 1.807) is 51.1 Å². The highest BCUT2D eigenvalue weighted by Crippen LogP contribution is 2.26. The molecule has 0 aliphatic carbocycles. The molecule has 0 atom stereocenters. The first-order valence-electron chi connectivity index (χ1n) is 7.30. The molecule has 24 heavy (non-hydrogen) atoms. The molecule has 0 aliphatic heterocycles. The first kappa shape index (κ1) is 17.8. The van der Waals surface area contributed by atoms with E-state index in [1.807, 2.05) is 0 Å². The zero-order valence-electron chi connectivity index (χ0n) is 13.7. The molecule has 126 valence electrons. The summed E-state index contributed by atoms with van der Waals surface area (Å²) in [6, 6.07) is 9.66. The number of carbonyl (C=O) groups excluding carboxylic acids is 1. The number of hydrazone groups is 1. The number of hydrogen-bond acceptors (Lipinski definition) is 5. The van der Waals surface area contributed by atoms with Gasteiger partial charge in [-0.25, -0.2) is 13.8 Å². The van der Waals surface area contributed by atoms with Crippen molar-refractivity contribution < 1.29 is 13.2 Å². The maximum Gasteiger partial charge on any atom is 0.271 e. The summed E-state index contributed by atoms with van der Waals surface area (Å²) in [5.74, 6) is -0.398. The lowest BCUT2D eigenvalue weighted by Crippen LogP contribution is -2.28. The first-order valence-corrected chi connectivity index (χ1v) is 8.79. The standard InChI is InChI=1S/C17H19N3O3S/c1-17(2,3)24(22,23)15-7-5-4-6-14(15)12-19-20-16(21)13-8-10-18-11-9-13/h4-12H,1-3H3,(H,20,21)/b19-12+. The summed E-state index contributed by atoms with van der Waals surface area (Å²) in [5.41, 5.74) is 3.21. The molecule has 1 heterocycles. The quantitative estimate of drug-likeness (QED) is 0.681. The van der Waals surface area contributed by atoms with Gasteiger partial charge >= 0.3 is 0 Å². The molecular weight excluding hydrogens is 326 g/mol. The fourth-order valence-electron chi connectivity index (χ4n) is 1.89. The Balaban J connectivity index is 2.24. The Morgan fingerprint density at radius 2 is 1.75 bits per heavy atom. The number of amides is 1. The van der Waals surface area contributed by atoms with Crippen LogP contribution in [0.1, 0.15) is 36.7 Å². The van der Waals surface area contributed by atoms with Crippen LogP contribution in [0.4, 0.5) is 0 Å². The normalized spacial score (nSPS) is 12.3. The second-order valence-corrected chi connectivity index (χ2v) is 8.76. The topological polar surface area (TPSA) is 88.5 Å². The van der Waals surface area contributed by atoms with E-state index >= 15 is 0 Å². The third kappa shape index (κ3) is 3.86. The SMILES string of the molecule is CC(C)(C)S(=O)(=O)c1ccccc1/C=N/NC(=O)c1ccncc1. The summed E-state index contributed by atoms with van der Waals surface area (Å²) < 4.78 is 24.3. The summed E-state index contributed by atoms with van der Waals surface area (Å²) in [7, 11) is -3.52. The molecule has 0 unspecified atom stereocenters. The lowest BCUT2D eigenvalue weighted by Gasteiger charge is -2.20. The van der Waals surface area contributed by atoms with Gasteiger partial charge in [-0.3, -0.25) is 9.78 Å². The number of nitrogens with one attached hydrogen (secondary N) is 1. The van der Waals surface area contributed by atoms with Crippen LogP contribution in [0.5, 0.6) is 0 Å². The van der Waals surface area contributed by atoms with E-state index in [9.17, 15) is 13.2 Å². The predicted molar refractivity (Wildman–Crippen MR) is 92.7 cm³/mol. The maximum atomic E-state index is 12.6. The largest absolute Gasteiger partial charge is 0.271 e. The Hall–Kier alpha value is -2.54. The molecule has 0 saturated carbocycles. The van der Waals surface area contributed by atoms with E-state index in [0.717, 1.165) is 0 Å². The van der Waals surface area contributed by atoms with Crippen LogP contribution in [0.15, 0.2) is 58.8 Å². The van der Waals surface area contributed by atoms with Crippen LogP contribution in [0.3, 0.4) is 0 Å². The molecule has 1 amide bonds. The van der Waals surface area contributed by atoms with Crippen molar-refractivity contribution in [2.24, 2.45) is 5.10 Å². The van der Waals surface area contributed by atoms with Crippen molar-refractivity contribution in [1.82, 2.24) is 10.4 Å². The average molecular weight is 345 g/mol. The molecule has 0 aliphatic rings. The van der Waals surface area contributed by atoms with E-state index in [0.29, 0.717) is 11.1 Å². The van der Waals surface area contributed by atoms with Crippen molar-refractivity contribution in [3.8, 4) is 0 Å². The van der Waals surface area contributed by atoms with E-state index in [-0.39, 0.29) is 4.90 Å². The number of benzene rings is 1. The van der Waals surface area contributed by atoms with E-state index in [2.05, 4.69) is 15.5 Å². The Kier molecular flexibility index (Phi) is 5.14. The molecule has 7 heteroatoms. The fourth-order valence-corrected chi connectivity index (χ4v) is 3.24. The Morgan fingerprint density at radius 1 is 1.12 bits per heavy atom. The Bertz CT molecular complexity index is 854. The number of rotatable bonds is 4. The number of sulfone groups is 1. The number of aromatic nitrogens is 1. The second kappa shape index (κ2) is 6.92. The van der Waals surface area contributed by atoms with Crippen LogP contribution >= 0.6 is 0 Å². The molecule has 0 bridgehead atoms.